The zero-order valence-corrected chi connectivity index (χ0v) is 40.4. The zero-order chi connectivity index (χ0) is 45.1. The maximum Gasteiger partial charge on any atom is 0.306 e. The molecule has 0 N–H and O–H groups in total. The van der Waals surface area contributed by atoms with Crippen molar-refractivity contribution in [2.24, 2.45) is 0 Å². The highest BCUT2D eigenvalue weighted by atomic mass is 16.6. The van der Waals surface area contributed by atoms with Crippen molar-refractivity contribution >= 4 is 17.9 Å². The molecule has 1 unspecified atom stereocenters. The van der Waals surface area contributed by atoms with E-state index in [1.807, 2.05) is 6.08 Å². The molecular weight excluding hydrogens is 769 g/mol. The highest BCUT2D eigenvalue weighted by Gasteiger charge is 2.19. The summed E-state index contributed by atoms with van der Waals surface area (Å²) in [5.74, 6) is -1.00. The molecule has 0 amide bonds. The lowest BCUT2D eigenvalue weighted by atomic mass is 10.0. The van der Waals surface area contributed by atoms with Gasteiger partial charge in [0, 0.05) is 19.3 Å². The SMILES string of the molecule is CC/C=C\C/C=C\C/C=C\C/C=C\C/C=C\C/C=C\CCC(=O)OCC(COC(=O)CCCCCCC/C=C\CCC)OC(=O)CCCCCCCCCCCCCCCCC. The number of hydrogen-bond acceptors (Lipinski definition) is 6. The molecule has 0 rings (SSSR count). The van der Waals surface area contributed by atoms with Crippen molar-refractivity contribution in [1.82, 2.24) is 0 Å². The molecule has 6 heteroatoms. The molecule has 0 saturated carbocycles. The third-order valence-corrected chi connectivity index (χ3v) is 10.6. The Hall–Kier alpha value is -3.41. The summed E-state index contributed by atoms with van der Waals surface area (Å²) in [5, 5.41) is 0. The summed E-state index contributed by atoms with van der Waals surface area (Å²) in [4.78, 5) is 37.9. The van der Waals surface area contributed by atoms with Crippen LogP contribution in [0.15, 0.2) is 85.1 Å². The lowest BCUT2D eigenvalue weighted by Gasteiger charge is -2.18. The summed E-state index contributed by atoms with van der Waals surface area (Å²) >= 11 is 0. The first kappa shape index (κ1) is 58.6. The van der Waals surface area contributed by atoms with Gasteiger partial charge in [-0.15, -0.1) is 0 Å². The normalized spacial score (nSPS) is 12.8. The van der Waals surface area contributed by atoms with E-state index in [4.69, 9.17) is 14.2 Å². The standard InChI is InChI=1S/C56H94O6/c1-4-7-10-13-16-19-22-24-26-27-28-29-31-32-34-37-40-43-46-49-55(58)61-52-53(51-60-54(57)48-45-42-39-36-21-18-15-12-9-6-3)62-56(59)50-47-44-41-38-35-33-30-25-23-20-17-14-11-8-5-2/h7,10,12,15-16,19,24,26,28-29,32,34,40,43,53H,4-6,8-9,11,13-14,17-18,20-23,25,27,30-31,33,35-39,41-42,44-52H2,1-3H3/b10-7-,15-12-,19-16-,26-24-,29-28-,34-32-,43-40-. The van der Waals surface area contributed by atoms with Gasteiger partial charge in [0.25, 0.3) is 0 Å². The first-order valence-electron chi connectivity index (χ1n) is 25.6. The zero-order valence-electron chi connectivity index (χ0n) is 40.4. The third-order valence-electron chi connectivity index (χ3n) is 10.6. The van der Waals surface area contributed by atoms with Gasteiger partial charge in [-0.3, -0.25) is 14.4 Å². The maximum atomic E-state index is 12.8. The lowest BCUT2D eigenvalue weighted by Crippen LogP contribution is -2.30. The van der Waals surface area contributed by atoms with Gasteiger partial charge in [0.15, 0.2) is 6.10 Å². The van der Waals surface area contributed by atoms with Crippen molar-refractivity contribution in [2.75, 3.05) is 13.2 Å². The van der Waals surface area contributed by atoms with Gasteiger partial charge in [-0.25, -0.2) is 0 Å². The highest BCUT2D eigenvalue weighted by Crippen LogP contribution is 2.15. The van der Waals surface area contributed by atoms with E-state index in [0.717, 1.165) is 96.3 Å². The molecule has 0 aromatic carbocycles. The average molecular weight is 863 g/mol. The Balaban J connectivity index is 4.46. The van der Waals surface area contributed by atoms with Gasteiger partial charge in [0.05, 0.1) is 0 Å². The smallest absolute Gasteiger partial charge is 0.306 e. The van der Waals surface area contributed by atoms with E-state index in [1.54, 1.807) is 0 Å². The second-order valence-corrected chi connectivity index (χ2v) is 16.7. The molecule has 0 bridgehead atoms. The van der Waals surface area contributed by atoms with E-state index < -0.39 is 6.10 Å². The Labute approximate surface area is 382 Å². The number of carbonyl (C=O) groups is 3. The van der Waals surface area contributed by atoms with Crippen molar-refractivity contribution in [3.8, 4) is 0 Å². The molecule has 0 saturated heterocycles. The van der Waals surface area contributed by atoms with Crippen LogP contribution in [0.5, 0.6) is 0 Å². The second-order valence-electron chi connectivity index (χ2n) is 16.7. The molecular formula is C56H94O6. The predicted molar refractivity (Wildman–Crippen MR) is 265 cm³/mol. The number of hydrogen-bond donors (Lipinski definition) is 0. The first-order chi connectivity index (χ1) is 30.5. The third kappa shape index (κ3) is 47.6. The van der Waals surface area contributed by atoms with Gasteiger partial charge in [0.1, 0.15) is 13.2 Å². The minimum atomic E-state index is -0.807. The van der Waals surface area contributed by atoms with E-state index in [0.29, 0.717) is 19.3 Å². The Kier molecular flexibility index (Phi) is 47.5. The Morgan fingerprint density at radius 3 is 1.15 bits per heavy atom. The molecule has 0 aliphatic carbocycles. The average Bonchev–Trinajstić information content (AvgIpc) is 3.27. The Morgan fingerprint density at radius 2 is 0.694 bits per heavy atom. The Morgan fingerprint density at radius 1 is 0.339 bits per heavy atom. The fraction of sp³-hybridized carbons (Fsp3) is 0.696. The van der Waals surface area contributed by atoms with Gasteiger partial charge in [-0.2, -0.15) is 0 Å². The number of esters is 3. The number of ether oxygens (including phenoxy) is 3. The maximum absolute atomic E-state index is 12.8. The van der Waals surface area contributed by atoms with E-state index in [1.165, 1.54) is 89.9 Å². The second kappa shape index (κ2) is 50.2. The fourth-order valence-electron chi connectivity index (χ4n) is 6.82. The largest absolute Gasteiger partial charge is 0.462 e. The van der Waals surface area contributed by atoms with Crippen LogP contribution in [0, 0.1) is 0 Å². The molecule has 0 aromatic heterocycles. The van der Waals surface area contributed by atoms with Crippen LogP contribution < -0.4 is 0 Å². The van der Waals surface area contributed by atoms with Crippen molar-refractivity contribution in [3.63, 3.8) is 0 Å². The van der Waals surface area contributed by atoms with Gasteiger partial charge >= 0.3 is 17.9 Å². The lowest BCUT2D eigenvalue weighted by molar-refractivity contribution is -0.166. The molecule has 0 radical (unpaired) electrons. The summed E-state index contributed by atoms with van der Waals surface area (Å²) < 4.78 is 16.7. The van der Waals surface area contributed by atoms with Crippen LogP contribution in [0.25, 0.3) is 0 Å². The van der Waals surface area contributed by atoms with E-state index in [-0.39, 0.29) is 37.5 Å². The van der Waals surface area contributed by atoms with Crippen LogP contribution in [0.4, 0.5) is 0 Å². The number of rotatable bonds is 45. The molecule has 0 aromatic rings. The van der Waals surface area contributed by atoms with Crippen molar-refractivity contribution in [2.45, 2.75) is 239 Å². The van der Waals surface area contributed by atoms with Crippen molar-refractivity contribution < 1.29 is 28.6 Å². The monoisotopic (exact) mass is 863 g/mol. The molecule has 354 valence electrons. The highest BCUT2D eigenvalue weighted by molar-refractivity contribution is 5.71. The summed E-state index contributed by atoms with van der Waals surface area (Å²) in [6.07, 6.45) is 64.4. The van der Waals surface area contributed by atoms with Crippen LogP contribution in [-0.2, 0) is 28.6 Å². The number of allylic oxidation sites excluding steroid dienone is 14. The van der Waals surface area contributed by atoms with Gasteiger partial charge in [0.2, 0.25) is 0 Å². The topological polar surface area (TPSA) is 78.9 Å². The van der Waals surface area contributed by atoms with E-state index in [2.05, 4.69) is 99.8 Å². The van der Waals surface area contributed by atoms with Crippen molar-refractivity contribution in [1.29, 1.82) is 0 Å². The number of unbranched alkanes of at least 4 members (excludes halogenated alkanes) is 20. The quantitative estimate of drug-likeness (QED) is 0.0263. The van der Waals surface area contributed by atoms with E-state index >= 15 is 0 Å². The molecule has 0 aliphatic rings. The van der Waals surface area contributed by atoms with Gasteiger partial charge in [-0.1, -0.05) is 221 Å². The van der Waals surface area contributed by atoms with Crippen molar-refractivity contribution in [3.05, 3.63) is 85.1 Å². The van der Waals surface area contributed by atoms with Gasteiger partial charge in [-0.05, 0) is 77.0 Å². The molecule has 0 heterocycles. The number of carbonyl (C=O) groups excluding carboxylic acids is 3. The van der Waals surface area contributed by atoms with Crippen LogP contribution >= 0.6 is 0 Å². The summed E-state index contributed by atoms with van der Waals surface area (Å²) in [6, 6.07) is 0. The molecule has 0 aliphatic heterocycles. The summed E-state index contributed by atoms with van der Waals surface area (Å²) in [7, 11) is 0. The fourth-order valence-corrected chi connectivity index (χ4v) is 6.82. The van der Waals surface area contributed by atoms with Crippen LogP contribution in [-0.4, -0.2) is 37.2 Å². The predicted octanol–water partition coefficient (Wildman–Crippen LogP) is 16.8. The first-order valence-corrected chi connectivity index (χ1v) is 25.6. The van der Waals surface area contributed by atoms with E-state index in [9.17, 15) is 14.4 Å². The summed E-state index contributed by atoms with van der Waals surface area (Å²) in [5.41, 5.74) is 0. The van der Waals surface area contributed by atoms with Crippen LogP contribution in [0.3, 0.4) is 0 Å². The Bertz CT molecular complexity index is 1220. The summed E-state index contributed by atoms with van der Waals surface area (Å²) in [6.45, 7) is 6.39. The molecule has 62 heavy (non-hydrogen) atoms. The van der Waals surface area contributed by atoms with Crippen LogP contribution in [0.1, 0.15) is 233 Å². The molecule has 6 nitrogen and oxygen atoms in total. The van der Waals surface area contributed by atoms with Gasteiger partial charge < -0.3 is 14.2 Å². The molecule has 0 fully saturated rings. The molecule has 0 spiro atoms. The minimum Gasteiger partial charge on any atom is -0.462 e. The molecule has 1 atom stereocenters. The minimum absolute atomic E-state index is 0.103. The van der Waals surface area contributed by atoms with Crippen LogP contribution in [0.2, 0.25) is 0 Å².